The van der Waals surface area contributed by atoms with Gasteiger partial charge in [0.25, 0.3) is 5.91 Å². The second-order valence-corrected chi connectivity index (χ2v) is 4.63. The minimum Gasteiger partial charge on any atom is -0.434 e. The first-order valence-electron chi connectivity index (χ1n) is 5.55. The molecule has 98 valence electrons. The van der Waals surface area contributed by atoms with Crippen molar-refractivity contribution in [2.45, 2.75) is 18.4 Å². The van der Waals surface area contributed by atoms with E-state index >= 15 is 0 Å². The molecule has 0 radical (unpaired) electrons. The summed E-state index contributed by atoms with van der Waals surface area (Å²) in [5.74, 6) is -0.426. The Morgan fingerprint density at radius 1 is 1.44 bits per heavy atom. The highest BCUT2D eigenvalue weighted by Gasteiger charge is 2.27. The molecule has 18 heavy (non-hydrogen) atoms. The molecule has 1 unspecified atom stereocenters. The second-order valence-electron chi connectivity index (χ2n) is 4.01. The molecule has 1 aliphatic heterocycles. The predicted molar refractivity (Wildman–Crippen MR) is 63.2 cm³/mol. The monoisotopic (exact) mass is 275 g/mol. The van der Waals surface area contributed by atoms with Gasteiger partial charge in [0.1, 0.15) is 5.75 Å². The summed E-state index contributed by atoms with van der Waals surface area (Å²) in [6.07, 6.45) is 0.713. The Labute approximate surface area is 108 Å². The van der Waals surface area contributed by atoms with E-state index in [4.69, 9.17) is 11.6 Å². The highest BCUT2D eigenvalue weighted by atomic mass is 35.5. The normalized spacial score (nSPS) is 19.3. The fourth-order valence-corrected chi connectivity index (χ4v) is 2.18. The molecule has 1 aliphatic rings. The first-order chi connectivity index (χ1) is 8.58. The van der Waals surface area contributed by atoms with Crippen LogP contribution in [-0.2, 0) is 0 Å². The minimum absolute atomic E-state index is 0.0721. The lowest BCUT2D eigenvalue weighted by molar-refractivity contribution is -0.0502. The summed E-state index contributed by atoms with van der Waals surface area (Å²) in [7, 11) is 0. The molecule has 2 rings (SSSR count). The predicted octanol–water partition coefficient (Wildman–Crippen LogP) is 2.74. The molecule has 0 aliphatic carbocycles. The summed E-state index contributed by atoms with van der Waals surface area (Å²) in [5, 5.41) is -0.0721. The Bertz CT molecular complexity index is 442. The first kappa shape index (κ1) is 13.1. The molecule has 1 atom stereocenters. The van der Waals surface area contributed by atoms with Gasteiger partial charge in [-0.1, -0.05) is 12.1 Å². The Kier molecular flexibility index (Phi) is 4.01. The van der Waals surface area contributed by atoms with Crippen molar-refractivity contribution in [2.24, 2.45) is 0 Å². The van der Waals surface area contributed by atoms with Gasteiger partial charge in [-0.2, -0.15) is 8.78 Å². The fourth-order valence-electron chi connectivity index (χ4n) is 1.91. The molecule has 0 N–H and O–H groups in total. The van der Waals surface area contributed by atoms with Crippen molar-refractivity contribution in [2.75, 3.05) is 13.1 Å². The largest absolute Gasteiger partial charge is 0.434 e. The van der Waals surface area contributed by atoms with Gasteiger partial charge in [-0.05, 0) is 18.6 Å². The van der Waals surface area contributed by atoms with Crippen LogP contribution in [-0.4, -0.2) is 35.9 Å². The van der Waals surface area contributed by atoms with Crippen LogP contribution < -0.4 is 4.74 Å². The Morgan fingerprint density at radius 3 is 2.78 bits per heavy atom. The van der Waals surface area contributed by atoms with E-state index in [1.165, 1.54) is 12.1 Å². The van der Waals surface area contributed by atoms with Crippen LogP contribution in [0.3, 0.4) is 0 Å². The number of likely N-dealkylation sites (tertiary alicyclic amines) is 1. The molecule has 1 heterocycles. The number of nitrogens with zero attached hydrogens (tertiary/aromatic N) is 1. The molecule has 0 aromatic heterocycles. The van der Waals surface area contributed by atoms with Crippen LogP contribution >= 0.6 is 11.6 Å². The van der Waals surface area contributed by atoms with Gasteiger partial charge < -0.3 is 9.64 Å². The maximum Gasteiger partial charge on any atom is 0.387 e. The number of rotatable bonds is 3. The van der Waals surface area contributed by atoms with Gasteiger partial charge in [0, 0.05) is 13.1 Å². The Morgan fingerprint density at radius 2 is 2.17 bits per heavy atom. The number of para-hydroxylation sites is 1. The van der Waals surface area contributed by atoms with Gasteiger partial charge in [-0.15, -0.1) is 11.6 Å². The molecular formula is C12H12ClF2NO2. The molecule has 1 aromatic rings. The average molecular weight is 276 g/mol. The molecule has 6 heteroatoms. The van der Waals surface area contributed by atoms with Crippen LogP contribution in [0, 0.1) is 0 Å². The van der Waals surface area contributed by atoms with Crippen molar-refractivity contribution >= 4 is 17.5 Å². The summed E-state index contributed by atoms with van der Waals surface area (Å²) in [4.78, 5) is 13.7. The third kappa shape index (κ3) is 2.90. The first-order valence-corrected chi connectivity index (χ1v) is 5.98. The lowest BCUT2D eigenvalue weighted by Gasteiger charge is -2.17. The molecule has 1 aromatic carbocycles. The van der Waals surface area contributed by atoms with E-state index in [-0.39, 0.29) is 22.6 Å². The highest BCUT2D eigenvalue weighted by Crippen LogP contribution is 2.24. The van der Waals surface area contributed by atoms with E-state index < -0.39 is 6.61 Å². The molecule has 0 bridgehead atoms. The number of amides is 1. The van der Waals surface area contributed by atoms with Crippen LogP contribution in [0.15, 0.2) is 24.3 Å². The number of ether oxygens (including phenoxy) is 1. The summed E-state index contributed by atoms with van der Waals surface area (Å²) < 4.78 is 28.8. The summed E-state index contributed by atoms with van der Waals surface area (Å²) in [5.41, 5.74) is 0.142. The Hall–Kier alpha value is -1.36. The van der Waals surface area contributed by atoms with Crippen molar-refractivity contribution in [3.8, 4) is 5.75 Å². The number of hydrogen-bond donors (Lipinski definition) is 0. The number of alkyl halides is 3. The van der Waals surface area contributed by atoms with Crippen molar-refractivity contribution < 1.29 is 18.3 Å². The third-order valence-corrected chi connectivity index (χ3v) is 3.11. The van der Waals surface area contributed by atoms with Crippen LogP contribution in [0.1, 0.15) is 16.8 Å². The van der Waals surface area contributed by atoms with Crippen LogP contribution in [0.25, 0.3) is 0 Å². The van der Waals surface area contributed by atoms with Crippen LogP contribution in [0.5, 0.6) is 5.75 Å². The van der Waals surface area contributed by atoms with Crippen molar-refractivity contribution in [1.29, 1.82) is 0 Å². The average Bonchev–Trinajstić information content (AvgIpc) is 2.75. The number of benzene rings is 1. The topological polar surface area (TPSA) is 29.5 Å². The minimum atomic E-state index is -2.95. The van der Waals surface area contributed by atoms with E-state index in [1.54, 1.807) is 17.0 Å². The summed E-state index contributed by atoms with van der Waals surface area (Å²) in [6, 6.07) is 5.98. The van der Waals surface area contributed by atoms with Gasteiger partial charge in [0.05, 0.1) is 10.9 Å². The lowest BCUT2D eigenvalue weighted by atomic mass is 10.2. The maximum absolute atomic E-state index is 12.2. The fraction of sp³-hybridized carbons (Fsp3) is 0.417. The molecule has 0 saturated carbocycles. The van der Waals surface area contributed by atoms with Crippen LogP contribution in [0.2, 0.25) is 0 Å². The zero-order chi connectivity index (χ0) is 13.1. The van der Waals surface area contributed by atoms with E-state index in [0.29, 0.717) is 19.5 Å². The highest BCUT2D eigenvalue weighted by molar-refractivity contribution is 6.21. The second kappa shape index (κ2) is 5.52. The van der Waals surface area contributed by atoms with Gasteiger partial charge >= 0.3 is 6.61 Å². The number of carbonyl (C=O) groups is 1. The Balaban J connectivity index is 2.19. The zero-order valence-electron chi connectivity index (χ0n) is 9.48. The van der Waals surface area contributed by atoms with Gasteiger partial charge in [-0.3, -0.25) is 4.79 Å². The quantitative estimate of drug-likeness (QED) is 0.794. The van der Waals surface area contributed by atoms with Crippen LogP contribution in [0.4, 0.5) is 8.78 Å². The molecular weight excluding hydrogens is 264 g/mol. The number of hydrogen-bond acceptors (Lipinski definition) is 2. The zero-order valence-corrected chi connectivity index (χ0v) is 10.2. The molecule has 3 nitrogen and oxygen atoms in total. The lowest BCUT2D eigenvalue weighted by Crippen LogP contribution is -2.29. The van der Waals surface area contributed by atoms with Crippen molar-refractivity contribution in [3.05, 3.63) is 29.8 Å². The smallest absolute Gasteiger partial charge is 0.387 e. The molecule has 0 spiro atoms. The number of halogens is 3. The van der Waals surface area contributed by atoms with Gasteiger partial charge in [0.2, 0.25) is 0 Å². The van der Waals surface area contributed by atoms with E-state index in [1.807, 2.05) is 0 Å². The standard InChI is InChI=1S/C12H12ClF2NO2/c13-8-5-6-16(7-8)11(17)9-3-1-2-4-10(9)18-12(14)15/h1-4,8,12H,5-7H2. The van der Waals surface area contributed by atoms with E-state index in [9.17, 15) is 13.6 Å². The molecule has 1 amide bonds. The maximum atomic E-state index is 12.2. The third-order valence-electron chi connectivity index (χ3n) is 2.75. The van der Waals surface area contributed by atoms with Crippen molar-refractivity contribution in [1.82, 2.24) is 4.90 Å². The van der Waals surface area contributed by atoms with E-state index in [0.717, 1.165) is 0 Å². The molecule has 1 fully saturated rings. The van der Waals surface area contributed by atoms with Crippen molar-refractivity contribution in [3.63, 3.8) is 0 Å². The molecule has 1 saturated heterocycles. The number of carbonyl (C=O) groups excluding carboxylic acids is 1. The van der Waals surface area contributed by atoms with Gasteiger partial charge in [-0.25, -0.2) is 0 Å². The van der Waals surface area contributed by atoms with E-state index in [2.05, 4.69) is 4.74 Å². The summed E-state index contributed by atoms with van der Waals surface area (Å²) >= 11 is 5.92. The summed E-state index contributed by atoms with van der Waals surface area (Å²) in [6.45, 7) is -1.97. The van der Waals surface area contributed by atoms with Gasteiger partial charge in [0.15, 0.2) is 0 Å². The SMILES string of the molecule is O=C(c1ccccc1OC(F)F)N1CCC(Cl)C1.